The monoisotopic (exact) mass is 389 g/mol. The van der Waals surface area contributed by atoms with Crippen LogP contribution in [0.4, 0.5) is 5.69 Å². The third-order valence-electron chi connectivity index (χ3n) is 2.00. The molecule has 1 amide bonds. The number of carbonyl (C=O) groups excluding carboxylic acids is 1. The molecule has 0 unspecified atom stereocenters. The number of halogens is 3. The molecule has 2 aromatic rings. The molecule has 0 aliphatic heterocycles. The summed E-state index contributed by atoms with van der Waals surface area (Å²) in [5.41, 5.74) is 0.855. The van der Waals surface area contributed by atoms with Crippen LogP contribution in [-0.4, -0.2) is 15.9 Å². The molecule has 0 spiro atoms. The third-order valence-corrected chi connectivity index (χ3v) is 3.58. The Morgan fingerprint density at radius 2 is 2.11 bits per heavy atom. The molecule has 2 aromatic heterocycles. The Balaban J connectivity index is 2.18. The van der Waals surface area contributed by atoms with E-state index in [0.717, 1.165) is 0 Å². The maximum absolute atomic E-state index is 11.9. The Morgan fingerprint density at radius 3 is 2.78 bits per heavy atom. The number of anilines is 1. The lowest BCUT2D eigenvalue weighted by atomic mass is 10.3. The molecular weight excluding hydrogens is 385 g/mol. The van der Waals surface area contributed by atoms with Crippen LogP contribution in [0.15, 0.2) is 39.5 Å². The van der Waals surface area contributed by atoms with Crippen LogP contribution in [0.1, 0.15) is 10.5 Å². The van der Waals surface area contributed by atoms with Crippen molar-refractivity contribution in [3.05, 3.63) is 50.4 Å². The Kier molecular flexibility index (Phi) is 4.31. The molecule has 1 N–H and O–H groups in total. The summed E-state index contributed by atoms with van der Waals surface area (Å²) in [7, 11) is 0. The number of hydrogen-bond acceptors (Lipinski definition) is 3. The number of aromatic nitrogens is 2. The molecule has 0 fully saturated rings. The molecule has 18 heavy (non-hydrogen) atoms. The molecule has 2 rings (SSSR count). The molecule has 0 aromatic carbocycles. The number of amides is 1. The van der Waals surface area contributed by atoms with Crippen LogP contribution in [0.5, 0.6) is 0 Å². The summed E-state index contributed by atoms with van der Waals surface area (Å²) in [6, 6.07) is 6.78. The highest BCUT2D eigenvalue weighted by molar-refractivity contribution is 9.10. The second-order valence-corrected chi connectivity index (χ2v) is 5.32. The van der Waals surface area contributed by atoms with Gasteiger partial charge >= 0.3 is 0 Å². The lowest BCUT2D eigenvalue weighted by molar-refractivity contribution is 0.102. The van der Waals surface area contributed by atoms with Crippen LogP contribution in [0.2, 0.25) is 5.15 Å². The van der Waals surface area contributed by atoms with E-state index in [-0.39, 0.29) is 5.91 Å². The number of nitrogens with one attached hydrogen (secondary N) is 1. The van der Waals surface area contributed by atoms with Crippen molar-refractivity contribution in [3.63, 3.8) is 0 Å². The first-order valence-electron chi connectivity index (χ1n) is 4.81. The highest BCUT2D eigenvalue weighted by Crippen LogP contribution is 2.23. The Bertz CT molecular complexity index is 607. The van der Waals surface area contributed by atoms with Crippen molar-refractivity contribution in [3.8, 4) is 0 Å². The zero-order valence-electron chi connectivity index (χ0n) is 8.82. The lowest BCUT2D eigenvalue weighted by Gasteiger charge is -2.05. The largest absolute Gasteiger partial charge is 0.319 e. The number of hydrogen-bond donors (Lipinski definition) is 1. The van der Waals surface area contributed by atoms with Crippen LogP contribution in [-0.2, 0) is 0 Å². The van der Waals surface area contributed by atoms with E-state index in [9.17, 15) is 4.79 Å². The quantitative estimate of drug-likeness (QED) is 0.790. The van der Waals surface area contributed by atoms with E-state index >= 15 is 0 Å². The van der Waals surface area contributed by atoms with Gasteiger partial charge in [0.2, 0.25) is 0 Å². The minimum absolute atomic E-state index is 0.313. The van der Waals surface area contributed by atoms with Gasteiger partial charge in [0.15, 0.2) is 0 Å². The average Bonchev–Trinajstić information content (AvgIpc) is 2.34. The number of carbonyl (C=O) groups is 1. The van der Waals surface area contributed by atoms with Gasteiger partial charge in [0, 0.05) is 0 Å². The van der Waals surface area contributed by atoms with Crippen LogP contribution < -0.4 is 5.32 Å². The second kappa shape index (κ2) is 5.77. The summed E-state index contributed by atoms with van der Waals surface area (Å²) in [6.07, 6.45) is 1.48. The molecule has 0 saturated carbocycles. The number of pyridine rings is 2. The van der Waals surface area contributed by atoms with E-state index < -0.39 is 0 Å². The van der Waals surface area contributed by atoms with Crippen LogP contribution in [0.25, 0.3) is 0 Å². The topological polar surface area (TPSA) is 54.9 Å². The van der Waals surface area contributed by atoms with Gasteiger partial charge in [-0.15, -0.1) is 0 Å². The molecule has 0 bridgehead atoms. The van der Waals surface area contributed by atoms with E-state index in [4.69, 9.17) is 11.6 Å². The van der Waals surface area contributed by atoms with Crippen molar-refractivity contribution in [2.24, 2.45) is 0 Å². The minimum Gasteiger partial charge on any atom is -0.319 e. The van der Waals surface area contributed by atoms with Gasteiger partial charge < -0.3 is 5.32 Å². The maximum atomic E-state index is 11.9. The van der Waals surface area contributed by atoms with E-state index in [0.29, 0.717) is 25.6 Å². The fourth-order valence-corrected chi connectivity index (χ4v) is 2.02. The second-order valence-electron chi connectivity index (χ2n) is 3.30. The average molecular weight is 391 g/mol. The van der Waals surface area contributed by atoms with Gasteiger partial charge in [0.25, 0.3) is 5.91 Å². The van der Waals surface area contributed by atoms with Crippen LogP contribution in [0.3, 0.4) is 0 Å². The molecule has 0 aliphatic rings. The van der Waals surface area contributed by atoms with Crippen molar-refractivity contribution >= 4 is 55.1 Å². The summed E-state index contributed by atoms with van der Waals surface area (Å²) in [5.74, 6) is -0.313. The van der Waals surface area contributed by atoms with E-state index in [1.54, 1.807) is 24.3 Å². The highest BCUT2D eigenvalue weighted by Gasteiger charge is 2.09. The Morgan fingerprint density at radius 1 is 1.33 bits per heavy atom. The first kappa shape index (κ1) is 13.5. The molecule has 2 heterocycles. The van der Waals surface area contributed by atoms with Gasteiger partial charge in [-0.25, -0.2) is 9.97 Å². The summed E-state index contributed by atoms with van der Waals surface area (Å²) >= 11 is 12.2. The number of nitrogens with zero attached hydrogens (tertiary/aromatic N) is 2. The SMILES string of the molecule is O=C(Nc1cnc(Cl)c(Br)c1)c1cccc(Br)n1. The van der Waals surface area contributed by atoms with Gasteiger partial charge in [-0.3, -0.25) is 4.79 Å². The summed E-state index contributed by atoms with van der Waals surface area (Å²) in [5, 5.41) is 3.02. The van der Waals surface area contributed by atoms with Gasteiger partial charge in [-0.05, 0) is 50.1 Å². The molecule has 0 atom stereocenters. The first-order chi connectivity index (χ1) is 8.56. The van der Waals surface area contributed by atoms with Crippen molar-refractivity contribution < 1.29 is 4.79 Å². The molecule has 4 nitrogen and oxygen atoms in total. The number of rotatable bonds is 2. The molecular formula is C11H6Br2ClN3O. The van der Waals surface area contributed by atoms with Crippen molar-refractivity contribution in [2.75, 3.05) is 5.32 Å². The normalized spacial score (nSPS) is 10.2. The van der Waals surface area contributed by atoms with Gasteiger partial charge in [0.1, 0.15) is 15.5 Å². The smallest absolute Gasteiger partial charge is 0.274 e. The fourth-order valence-electron chi connectivity index (χ4n) is 1.22. The Labute approximate surface area is 125 Å². The maximum Gasteiger partial charge on any atom is 0.274 e. The van der Waals surface area contributed by atoms with Gasteiger partial charge in [0.05, 0.1) is 16.4 Å². The lowest BCUT2D eigenvalue weighted by Crippen LogP contribution is -2.13. The standard InChI is InChI=1S/C11H6Br2ClN3O/c12-7-4-6(5-15-10(7)14)16-11(18)8-2-1-3-9(13)17-8/h1-5H,(H,16,18). The highest BCUT2D eigenvalue weighted by atomic mass is 79.9. The van der Waals surface area contributed by atoms with E-state index in [1.165, 1.54) is 6.20 Å². The molecule has 0 radical (unpaired) electrons. The molecule has 0 saturated heterocycles. The zero-order valence-corrected chi connectivity index (χ0v) is 12.8. The van der Waals surface area contributed by atoms with Crippen LogP contribution in [0, 0.1) is 0 Å². The van der Waals surface area contributed by atoms with E-state index in [1.807, 2.05) is 0 Å². The third kappa shape index (κ3) is 3.28. The summed E-state index contributed by atoms with van der Waals surface area (Å²) in [6.45, 7) is 0. The van der Waals surface area contributed by atoms with Gasteiger partial charge in [-0.1, -0.05) is 17.7 Å². The molecule has 92 valence electrons. The molecule has 0 aliphatic carbocycles. The first-order valence-corrected chi connectivity index (χ1v) is 6.77. The van der Waals surface area contributed by atoms with Crippen molar-refractivity contribution in [2.45, 2.75) is 0 Å². The predicted octanol–water partition coefficient (Wildman–Crippen LogP) is 3.91. The minimum atomic E-state index is -0.313. The predicted molar refractivity (Wildman–Crippen MR) is 76.8 cm³/mol. The fraction of sp³-hybridized carbons (Fsp3) is 0. The summed E-state index contributed by atoms with van der Waals surface area (Å²) in [4.78, 5) is 19.9. The van der Waals surface area contributed by atoms with Crippen molar-refractivity contribution in [1.82, 2.24) is 9.97 Å². The molecule has 7 heteroatoms. The van der Waals surface area contributed by atoms with Crippen LogP contribution >= 0.6 is 43.5 Å². The van der Waals surface area contributed by atoms with Crippen molar-refractivity contribution in [1.29, 1.82) is 0 Å². The van der Waals surface area contributed by atoms with Gasteiger partial charge in [-0.2, -0.15) is 0 Å². The Hall–Kier alpha value is -0.980. The zero-order chi connectivity index (χ0) is 13.1. The summed E-state index contributed by atoms with van der Waals surface area (Å²) < 4.78 is 1.22. The van der Waals surface area contributed by atoms with E-state index in [2.05, 4.69) is 47.1 Å².